The average molecular weight is 310 g/mol. The lowest BCUT2D eigenvalue weighted by atomic mass is 10.0. The highest BCUT2D eigenvalue weighted by Gasteiger charge is 2.20. The summed E-state index contributed by atoms with van der Waals surface area (Å²) in [7, 11) is 0. The minimum atomic E-state index is -0.107. The zero-order valence-corrected chi connectivity index (χ0v) is 13.5. The number of fused-ring (bicyclic) bond motifs is 1. The first-order valence-corrected chi connectivity index (χ1v) is 8.25. The number of aryl methyl sites for hydroxylation is 1. The molecule has 120 valence electrons. The van der Waals surface area contributed by atoms with Crippen LogP contribution in [0.4, 0.5) is 11.6 Å². The molecule has 1 N–H and O–H groups in total. The number of para-hydroxylation sites is 1. The molecule has 3 rings (SSSR count). The van der Waals surface area contributed by atoms with Crippen LogP contribution in [0.3, 0.4) is 0 Å². The smallest absolute Gasteiger partial charge is 0.254 e. The number of hydrogen-bond acceptors (Lipinski definition) is 4. The third-order valence-electron chi connectivity index (χ3n) is 4.07. The first-order valence-electron chi connectivity index (χ1n) is 8.25. The fourth-order valence-electron chi connectivity index (χ4n) is 2.80. The van der Waals surface area contributed by atoms with Crippen molar-refractivity contribution in [3.8, 4) is 0 Å². The molecule has 0 radical (unpaired) electrons. The van der Waals surface area contributed by atoms with Gasteiger partial charge in [0.15, 0.2) is 0 Å². The number of carbonyl (C=O) groups is 1. The first kappa shape index (κ1) is 15.5. The Morgan fingerprint density at radius 2 is 2.04 bits per heavy atom. The van der Waals surface area contributed by atoms with Gasteiger partial charge in [-0.25, -0.2) is 9.97 Å². The van der Waals surface area contributed by atoms with Crippen molar-refractivity contribution in [3.63, 3.8) is 0 Å². The molecule has 0 bridgehead atoms. The van der Waals surface area contributed by atoms with Crippen molar-refractivity contribution in [3.05, 3.63) is 47.8 Å². The van der Waals surface area contributed by atoms with Crippen LogP contribution in [0.1, 0.15) is 42.1 Å². The normalized spacial score (nSPS) is 13.5. The Hall–Kier alpha value is -2.43. The van der Waals surface area contributed by atoms with Crippen LogP contribution >= 0.6 is 0 Å². The highest BCUT2D eigenvalue weighted by Crippen LogP contribution is 2.30. The minimum absolute atomic E-state index is 0.107. The Morgan fingerprint density at radius 3 is 2.83 bits per heavy atom. The molecule has 0 spiro atoms. The zero-order valence-electron chi connectivity index (χ0n) is 13.5. The maximum absolute atomic E-state index is 12.0. The third-order valence-corrected chi connectivity index (χ3v) is 4.07. The quantitative estimate of drug-likeness (QED) is 0.862. The molecule has 1 amide bonds. The van der Waals surface area contributed by atoms with Gasteiger partial charge in [0, 0.05) is 31.2 Å². The predicted molar refractivity (Wildman–Crippen MR) is 91.0 cm³/mol. The molecule has 5 nitrogen and oxygen atoms in total. The molecule has 0 aliphatic carbocycles. The second-order valence-corrected chi connectivity index (χ2v) is 5.77. The summed E-state index contributed by atoms with van der Waals surface area (Å²) >= 11 is 0. The number of carbonyl (C=O) groups excluding carboxylic acids is 1. The van der Waals surface area contributed by atoms with Crippen molar-refractivity contribution in [2.24, 2.45) is 0 Å². The molecule has 1 aliphatic heterocycles. The lowest BCUT2D eigenvalue weighted by molar-refractivity contribution is 0.0952. The number of unbranched alkanes of at least 4 members (excludes halogenated alkanes) is 1. The molecule has 1 aliphatic rings. The summed E-state index contributed by atoms with van der Waals surface area (Å²) in [6, 6.07) is 8.35. The van der Waals surface area contributed by atoms with Crippen LogP contribution < -0.4 is 10.2 Å². The van der Waals surface area contributed by atoms with Gasteiger partial charge in [0.1, 0.15) is 0 Å². The monoisotopic (exact) mass is 310 g/mol. The van der Waals surface area contributed by atoms with Gasteiger partial charge in [-0.2, -0.15) is 0 Å². The fourth-order valence-corrected chi connectivity index (χ4v) is 2.80. The summed E-state index contributed by atoms with van der Waals surface area (Å²) in [6.45, 7) is 3.69. The first-order chi connectivity index (χ1) is 11.3. The van der Waals surface area contributed by atoms with Gasteiger partial charge < -0.3 is 10.2 Å². The molecule has 1 aromatic carbocycles. The number of nitrogens with one attached hydrogen (secondary N) is 1. The SMILES string of the molecule is CCCCNC(=O)c1cnc(N2CCCc3ccccc32)nc1. The van der Waals surface area contributed by atoms with E-state index < -0.39 is 0 Å². The molecule has 2 heterocycles. The molecule has 0 atom stereocenters. The number of rotatable bonds is 5. The maximum atomic E-state index is 12.0. The Bertz CT molecular complexity index is 669. The minimum Gasteiger partial charge on any atom is -0.352 e. The predicted octanol–water partition coefficient (Wildman–Crippen LogP) is 3.09. The molecule has 23 heavy (non-hydrogen) atoms. The van der Waals surface area contributed by atoms with Gasteiger partial charge in [-0.15, -0.1) is 0 Å². The Morgan fingerprint density at radius 1 is 1.26 bits per heavy atom. The molecule has 5 heteroatoms. The van der Waals surface area contributed by atoms with E-state index in [9.17, 15) is 4.79 Å². The Labute approximate surface area is 136 Å². The molecular weight excluding hydrogens is 288 g/mol. The van der Waals surface area contributed by atoms with Gasteiger partial charge in [0.25, 0.3) is 5.91 Å². The molecule has 1 aromatic heterocycles. The van der Waals surface area contributed by atoms with Crippen LogP contribution in [-0.2, 0) is 6.42 Å². The van der Waals surface area contributed by atoms with Gasteiger partial charge in [-0.1, -0.05) is 31.5 Å². The van der Waals surface area contributed by atoms with E-state index in [0.29, 0.717) is 18.1 Å². The molecule has 2 aromatic rings. The largest absolute Gasteiger partial charge is 0.352 e. The second-order valence-electron chi connectivity index (χ2n) is 5.77. The van der Waals surface area contributed by atoms with Crippen molar-refractivity contribution >= 4 is 17.5 Å². The van der Waals surface area contributed by atoms with Crippen molar-refractivity contribution < 1.29 is 4.79 Å². The van der Waals surface area contributed by atoms with E-state index in [0.717, 1.165) is 32.2 Å². The number of benzene rings is 1. The van der Waals surface area contributed by atoms with Crippen LogP contribution in [-0.4, -0.2) is 29.0 Å². The number of aromatic nitrogens is 2. The molecule has 0 saturated heterocycles. The summed E-state index contributed by atoms with van der Waals surface area (Å²) in [4.78, 5) is 22.9. The van der Waals surface area contributed by atoms with E-state index in [2.05, 4.69) is 45.3 Å². The van der Waals surface area contributed by atoms with Crippen LogP contribution in [0.25, 0.3) is 0 Å². The van der Waals surface area contributed by atoms with E-state index in [4.69, 9.17) is 0 Å². The van der Waals surface area contributed by atoms with Crippen LogP contribution in [0, 0.1) is 0 Å². The summed E-state index contributed by atoms with van der Waals surface area (Å²) in [5.74, 6) is 0.548. The summed E-state index contributed by atoms with van der Waals surface area (Å²) in [5, 5.41) is 2.88. The lowest BCUT2D eigenvalue weighted by Gasteiger charge is -2.29. The zero-order chi connectivity index (χ0) is 16.1. The summed E-state index contributed by atoms with van der Waals surface area (Å²) < 4.78 is 0. The second kappa shape index (κ2) is 7.22. The third kappa shape index (κ3) is 3.50. The number of anilines is 2. The van der Waals surface area contributed by atoms with E-state index in [-0.39, 0.29) is 5.91 Å². The van der Waals surface area contributed by atoms with E-state index in [1.165, 1.54) is 11.3 Å². The van der Waals surface area contributed by atoms with Crippen LogP contribution in [0.15, 0.2) is 36.7 Å². The molecule has 0 fully saturated rings. The highest BCUT2D eigenvalue weighted by atomic mass is 16.1. The Balaban J connectivity index is 1.74. The number of amides is 1. The van der Waals surface area contributed by atoms with Crippen molar-refractivity contribution in [1.29, 1.82) is 0 Å². The molecule has 0 unspecified atom stereocenters. The molecule has 0 saturated carbocycles. The van der Waals surface area contributed by atoms with E-state index >= 15 is 0 Å². The average Bonchev–Trinajstić information content (AvgIpc) is 2.61. The van der Waals surface area contributed by atoms with Gasteiger partial charge in [-0.3, -0.25) is 4.79 Å². The van der Waals surface area contributed by atoms with Crippen molar-refractivity contribution in [2.75, 3.05) is 18.0 Å². The van der Waals surface area contributed by atoms with Crippen molar-refractivity contribution in [2.45, 2.75) is 32.6 Å². The lowest BCUT2D eigenvalue weighted by Crippen LogP contribution is -2.27. The number of hydrogen-bond donors (Lipinski definition) is 1. The fraction of sp³-hybridized carbons (Fsp3) is 0.389. The van der Waals surface area contributed by atoms with Crippen LogP contribution in [0.2, 0.25) is 0 Å². The standard InChI is InChI=1S/C18H22N4O/c1-2-3-10-19-17(23)15-12-20-18(21-13-15)22-11-6-8-14-7-4-5-9-16(14)22/h4-5,7,9,12-13H,2-3,6,8,10-11H2,1H3,(H,19,23). The van der Waals surface area contributed by atoms with Gasteiger partial charge in [0.05, 0.1) is 5.56 Å². The topological polar surface area (TPSA) is 58.1 Å². The summed E-state index contributed by atoms with van der Waals surface area (Å²) in [6.07, 6.45) is 7.44. The Kier molecular flexibility index (Phi) is 4.86. The highest BCUT2D eigenvalue weighted by molar-refractivity contribution is 5.93. The maximum Gasteiger partial charge on any atom is 0.254 e. The van der Waals surface area contributed by atoms with Crippen molar-refractivity contribution in [1.82, 2.24) is 15.3 Å². The number of nitrogens with zero attached hydrogens (tertiary/aromatic N) is 3. The van der Waals surface area contributed by atoms with Gasteiger partial charge in [-0.05, 0) is 30.9 Å². The van der Waals surface area contributed by atoms with E-state index in [1.54, 1.807) is 12.4 Å². The van der Waals surface area contributed by atoms with Gasteiger partial charge in [0.2, 0.25) is 5.95 Å². The summed E-state index contributed by atoms with van der Waals surface area (Å²) in [5.41, 5.74) is 3.00. The van der Waals surface area contributed by atoms with Gasteiger partial charge >= 0.3 is 0 Å². The molecular formula is C18H22N4O. The van der Waals surface area contributed by atoms with Crippen LogP contribution in [0.5, 0.6) is 0 Å². The van der Waals surface area contributed by atoms with E-state index in [1.807, 2.05) is 6.07 Å².